The number of Topliss-reactive ketones (excluding diaryl/α,β-unsaturated/α-hetero) is 1. The van der Waals surface area contributed by atoms with Gasteiger partial charge in [-0.2, -0.15) is 0 Å². The van der Waals surface area contributed by atoms with Crippen molar-refractivity contribution in [3.05, 3.63) is 89.7 Å². The maximum Gasteiger partial charge on any atom is 0.139 e. The fraction of sp³-hybridized carbons (Fsp3) is 0.269. The number of carbonyl (C=O) groups is 1. The van der Waals surface area contributed by atoms with E-state index in [4.69, 9.17) is 0 Å². The fourth-order valence-corrected chi connectivity index (χ4v) is 3.76. The van der Waals surface area contributed by atoms with Crippen molar-refractivity contribution in [3.8, 4) is 16.9 Å². The molecule has 162 valence electrons. The second-order valence-corrected chi connectivity index (χ2v) is 8.62. The lowest BCUT2D eigenvalue weighted by molar-refractivity contribution is -0.121. The Morgan fingerprint density at radius 2 is 1.69 bits per heavy atom. The molecule has 6 nitrogen and oxygen atoms in total. The van der Waals surface area contributed by atoms with Crippen LogP contribution in [0.1, 0.15) is 49.1 Å². The molecule has 0 saturated heterocycles. The Kier molecular flexibility index (Phi) is 5.70. The molecule has 0 aliphatic rings. The quantitative estimate of drug-likeness (QED) is 0.444. The SMILES string of the molecule is CC(=O)C(C)(C)c1ccc(-c2cnc(C)nc2)cc1Cc1ccc(-n2ccnc2C)nc1. The van der Waals surface area contributed by atoms with E-state index in [9.17, 15) is 4.79 Å². The Morgan fingerprint density at radius 1 is 0.938 bits per heavy atom. The van der Waals surface area contributed by atoms with Crippen molar-refractivity contribution in [2.45, 2.75) is 46.5 Å². The molecule has 0 fully saturated rings. The smallest absolute Gasteiger partial charge is 0.139 e. The predicted octanol–water partition coefficient (Wildman–Crippen LogP) is 4.80. The van der Waals surface area contributed by atoms with E-state index in [1.54, 1.807) is 13.1 Å². The van der Waals surface area contributed by atoms with Gasteiger partial charge in [-0.05, 0) is 69.4 Å². The van der Waals surface area contributed by atoms with Gasteiger partial charge in [0.15, 0.2) is 0 Å². The summed E-state index contributed by atoms with van der Waals surface area (Å²) in [5, 5.41) is 0. The highest BCUT2D eigenvalue weighted by Crippen LogP contribution is 2.32. The number of rotatable bonds is 6. The van der Waals surface area contributed by atoms with Crippen LogP contribution in [0.3, 0.4) is 0 Å². The van der Waals surface area contributed by atoms with E-state index in [-0.39, 0.29) is 5.78 Å². The Morgan fingerprint density at radius 3 is 2.28 bits per heavy atom. The molecule has 4 rings (SSSR count). The third-order valence-corrected chi connectivity index (χ3v) is 6.05. The summed E-state index contributed by atoms with van der Waals surface area (Å²) in [6, 6.07) is 10.3. The van der Waals surface area contributed by atoms with Gasteiger partial charge in [0.25, 0.3) is 0 Å². The number of hydrogen-bond donors (Lipinski definition) is 0. The van der Waals surface area contributed by atoms with Crippen LogP contribution in [0.15, 0.2) is 61.3 Å². The molecular formula is C26H27N5O. The van der Waals surface area contributed by atoms with Crippen molar-refractivity contribution < 1.29 is 4.79 Å². The molecule has 0 bridgehead atoms. The molecule has 0 saturated carbocycles. The van der Waals surface area contributed by atoms with Crippen LogP contribution in [0, 0.1) is 13.8 Å². The summed E-state index contributed by atoms with van der Waals surface area (Å²) in [6.45, 7) is 9.43. The molecule has 1 aromatic carbocycles. The van der Waals surface area contributed by atoms with E-state index < -0.39 is 5.41 Å². The normalized spacial score (nSPS) is 11.5. The topological polar surface area (TPSA) is 73.6 Å². The van der Waals surface area contributed by atoms with Crippen LogP contribution in [-0.4, -0.2) is 30.3 Å². The molecule has 0 aliphatic carbocycles. The summed E-state index contributed by atoms with van der Waals surface area (Å²) in [7, 11) is 0. The van der Waals surface area contributed by atoms with Crippen LogP contribution < -0.4 is 0 Å². The molecule has 0 radical (unpaired) electrons. The highest BCUT2D eigenvalue weighted by Gasteiger charge is 2.28. The van der Waals surface area contributed by atoms with E-state index in [1.807, 2.05) is 69.2 Å². The van der Waals surface area contributed by atoms with Gasteiger partial charge in [0.05, 0.1) is 0 Å². The molecule has 3 heterocycles. The molecule has 4 aromatic rings. The van der Waals surface area contributed by atoms with E-state index in [2.05, 4.69) is 38.1 Å². The zero-order valence-corrected chi connectivity index (χ0v) is 19.1. The second kappa shape index (κ2) is 8.46. The third-order valence-electron chi connectivity index (χ3n) is 6.05. The van der Waals surface area contributed by atoms with Crippen molar-refractivity contribution in [2.75, 3.05) is 0 Å². The summed E-state index contributed by atoms with van der Waals surface area (Å²) in [5.74, 6) is 2.60. The summed E-state index contributed by atoms with van der Waals surface area (Å²) in [5.41, 5.74) is 4.59. The van der Waals surface area contributed by atoms with Crippen molar-refractivity contribution in [1.82, 2.24) is 24.5 Å². The standard InChI is InChI=1S/C26H27N5O/c1-17(32)26(4,5)24-8-7-21(23-15-28-18(2)29-16-23)13-22(24)12-20-6-9-25(30-14-20)31-11-10-27-19(31)3/h6-11,13-16H,12H2,1-5H3. The Labute approximate surface area is 188 Å². The lowest BCUT2D eigenvalue weighted by Crippen LogP contribution is -2.28. The second-order valence-electron chi connectivity index (χ2n) is 8.62. The van der Waals surface area contributed by atoms with Gasteiger partial charge in [-0.1, -0.05) is 24.3 Å². The van der Waals surface area contributed by atoms with Crippen molar-refractivity contribution in [3.63, 3.8) is 0 Å². The van der Waals surface area contributed by atoms with Crippen LogP contribution in [0.2, 0.25) is 0 Å². The lowest BCUT2D eigenvalue weighted by atomic mass is 9.77. The molecule has 0 unspecified atom stereocenters. The van der Waals surface area contributed by atoms with Gasteiger partial charge in [-0.15, -0.1) is 0 Å². The molecule has 0 spiro atoms. The number of aromatic nitrogens is 5. The molecule has 0 N–H and O–H groups in total. The first-order valence-corrected chi connectivity index (χ1v) is 10.6. The summed E-state index contributed by atoms with van der Waals surface area (Å²) >= 11 is 0. The zero-order valence-electron chi connectivity index (χ0n) is 19.1. The Hall–Kier alpha value is -3.67. The molecule has 32 heavy (non-hydrogen) atoms. The zero-order chi connectivity index (χ0) is 22.9. The maximum absolute atomic E-state index is 12.4. The number of carbonyl (C=O) groups excluding carboxylic acids is 1. The first kappa shape index (κ1) is 21.6. The average Bonchev–Trinajstić information content (AvgIpc) is 3.20. The molecule has 3 aromatic heterocycles. The number of pyridine rings is 1. The van der Waals surface area contributed by atoms with Gasteiger partial charge in [-0.3, -0.25) is 9.36 Å². The lowest BCUT2D eigenvalue weighted by Gasteiger charge is -2.26. The Bertz CT molecular complexity index is 1250. The first-order chi connectivity index (χ1) is 15.3. The summed E-state index contributed by atoms with van der Waals surface area (Å²) in [6.07, 6.45) is 9.89. The number of ketones is 1. The van der Waals surface area contributed by atoms with Crippen molar-refractivity contribution in [2.24, 2.45) is 0 Å². The molecule has 6 heteroatoms. The van der Waals surface area contributed by atoms with Gasteiger partial charge in [0.1, 0.15) is 23.2 Å². The van der Waals surface area contributed by atoms with Gasteiger partial charge in [0, 0.05) is 42.0 Å². The highest BCUT2D eigenvalue weighted by atomic mass is 16.1. The fourth-order valence-electron chi connectivity index (χ4n) is 3.76. The Balaban J connectivity index is 1.73. The van der Waals surface area contributed by atoms with Crippen molar-refractivity contribution in [1.29, 1.82) is 0 Å². The minimum atomic E-state index is -0.584. The largest absolute Gasteiger partial charge is 0.299 e. The monoisotopic (exact) mass is 425 g/mol. The number of imidazole rings is 1. The number of nitrogens with zero attached hydrogens (tertiary/aromatic N) is 5. The molecular weight excluding hydrogens is 398 g/mol. The van der Waals surface area contributed by atoms with Gasteiger partial charge < -0.3 is 0 Å². The van der Waals surface area contributed by atoms with Gasteiger partial charge in [0.2, 0.25) is 0 Å². The predicted molar refractivity (Wildman–Crippen MR) is 125 cm³/mol. The average molecular weight is 426 g/mol. The van der Waals surface area contributed by atoms with Crippen LogP contribution in [-0.2, 0) is 16.6 Å². The van der Waals surface area contributed by atoms with Gasteiger partial charge >= 0.3 is 0 Å². The summed E-state index contributed by atoms with van der Waals surface area (Å²) in [4.78, 5) is 30.0. The number of hydrogen-bond acceptors (Lipinski definition) is 5. The third kappa shape index (κ3) is 4.21. The molecule has 0 atom stereocenters. The minimum Gasteiger partial charge on any atom is -0.299 e. The molecule has 0 aliphatic heterocycles. The van der Waals surface area contributed by atoms with E-state index >= 15 is 0 Å². The minimum absolute atomic E-state index is 0.134. The van der Waals surface area contributed by atoms with E-state index in [0.29, 0.717) is 6.42 Å². The van der Waals surface area contributed by atoms with Crippen molar-refractivity contribution >= 4 is 5.78 Å². The van der Waals surface area contributed by atoms with Crippen LogP contribution in [0.25, 0.3) is 16.9 Å². The van der Waals surface area contributed by atoms with E-state index in [0.717, 1.165) is 45.3 Å². The number of benzene rings is 1. The van der Waals surface area contributed by atoms with Crippen LogP contribution >= 0.6 is 0 Å². The first-order valence-electron chi connectivity index (χ1n) is 10.6. The molecule has 0 amide bonds. The summed E-state index contributed by atoms with van der Waals surface area (Å²) < 4.78 is 1.95. The highest BCUT2D eigenvalue weighted by molar-refractivity contribution is 5.87. The number of aryl methyl sites for hydroxylation is 2. The van der Waals surface area contributed by atoms with E-state index in [1.165, 1.54) is 0 Å². The maximum atomic E-state index is 12.4. The van der Waals surface area contributed by atoms with Gasteiger partial charge in [-0.25, -0.2) is 19.9 Å². The van der Waals surface area contributed by atoms with Crippen LogP contribution in [0.5, 0.6) is 0 Å². The van der Waals surface area contributed by atoms with Crippen LogP contribution in [0.4, 0.5) is 0 Å².